The van der Waals surface area contributed by atoms with Crippen molar-refractivity contribution < 1.29 is 9.90 Å². The van der Waals surface area contributed by atoms with Crippen LogP contribution in [0.3, 0.4) is 0 Å². The summed E-state index contributed by atoms with van der Waals surface area (Å²) in [6, 6.07) is 10.6. The molecule has 2 aliphatic carbocycles. The number of rotatable bonds is 5. The summed E-state index contributed by atoms with van der Waals surface area (Å²) in [7, 11) is 0. The summed E-state index contributed by atoms with van der Waals surface area (Å²) >= 11 is 0. The molecule has 0 bridgehead atoms. The molecule has 0 atom stereocenters. The largest absolute Gasteiger partial charge is 0.389 e. The summed E-state index contributed by atoms with van der Waals surface area (Å²) in [6.07, 6.45) is 7.11. The first-order valence-electron chi connectivity index (χ1n) is 12.3. The maximum absolute atomic E-state index is 13.2. The summed E-state index contributed by atoms with van der Waals surface area (Å²) in [6.45, 7) is 3.64. The molecule has 9 heteroatoms. The van der Waals surface area contributed by atoms with Gasteiger partial charge in [-0.25, -0.2) is 5.10 Å². The van der Waals surface area contributed by atoms with Gasteiger partial charge in [0.15, 0.2) is 5.43 Å². The Balaban J connectivity index is 1.14. The zero-order chi connectivity index (χ0) is 25.2. The van der Waals surface area contributed by atoms with E-state index in [4.69, 9.17) is 0 Å². The highest BCUT2D eigenvalue weighted by Crippen LogP contribution is 2.62. The van der Waals surface area contributed by atoms with Gasteiger partial charge in [-0.05, 0) is 51.0 Å². The van der Waals surface area contributed by atoms with E-state index in [0.717, 1.165) is 36.8 Å². The Morgan fingerprint density at radius 3 is 2.61 bits per heavy atom. The second-order valence-electron chi connectivity index (χ2n) is 11.2. The number of benzene rings is 1. The molecule has 36 heavy (non-hydrogen) atoms. The molecule has 4 aromatic rings. The average molecular weight is 488 g/mol. The number of aliphatic hydroxyl groups is 1. The standard InChI is InChI=1S/C27H29N5O4/c1-26(2,36)15-31-14-21(32-8-7-18(33)9-22(31)32)25(35)28-17-12-27(13-17)10-16(11-27)23-19-5-3-4-6-20(19)24(34)30-29-23/h3-9,14,16-17,36H,10-13,15H2,1-2H3,(H,28,35)(H,30,34). The van der Waals surface area contributed by atoms with Gasteiger partial charge in [0.2, 0.25) is 0 Å². The van der Waals surface area contributed by atoms with Gasteiger partial charge in [0, 0.05) is 41.9 Å². The zero-order valence-corrected chi connectivity index (χ0v) is 20.3. The average Bonchev–Trinajstić information content (AvgIpc) is 3.11. The monoisotopic (exact) mass is 487 g/mol. The molecule has 1 amide bonds. The Hall–Kier alpha value is -3.72. The van der Waals surface area contributed by atoms with Crippen LogP contribution in [-0.4, -0.2) is 41.8 Å². The van der Waals surface area contributed by atoms with E-state index < -0.39 is 5.60 Å². The number of carbonyl (C=O) groups is 1. The smallest absolute Gasteiger partial charge is 0.272 e. The topological polar surface area (TPSA) is 121 Å². The number of aromatic nitrogens is 4. The predicted molar refractivity (Wildman–Crippen MR) is 135 cm³/mol. The molecule has 2 aliphatic rings. The number of hydrogen-bond acceptors (Lipinski definition) is 5. The third-order valence-electron chi connectivity index (χ3n) is 7.69. The first kappa shape index (κ1) is 22.7. The number of nitrogens with one attached hydrogen (secondary N) is 2. The van der Waals surface area contributed by atoms with Crippen LogP contribution in [0.15, 0.2) is 58.4 Å². The minimum atomic E-state index is -0.994. The van der Waals surface area contributed by atoms with Crippen molar-refractivity contribution in [2.45, 2.75) is 63.6 Å². The van der Waals surface area contributed by atoms with Gasteiger partial charge in [0.25, 0.3) is 11.5 Å². The lowest BCUT2D eigenvalue weighted by Crippen LogP contribution is -2.55. The Bertz CT molecular complexity index is 1610. The van der Waals surface area contributed by atoms with Crippen molar-refractivity contribution in [3.05, 3.63) is 80.8 Å². The molecule has 0 aliphatic heterocycles. The van der Waals surface area contributed by atoms with Crippen molar-refractivity contribution >= 4 is 22.3 Å². The second-order valence-corrected chi connectivity index (χ2v) is 11.2. The number of aromatic amines is 1. The van der Waals surface area contributed by atoms with Gasteiger partial charge in [0.05, 0.1) is 23.2 Å². The van der Waals surface area contributed by atoms with Crippen LogP contribution in [0.1, 0.15) is 61.6 Å². The second kappa shape index (κ2) is 7.89. The van der Waals surface area contributed by atoms with Crippen LogP contribution in [0.5, 0.6) is 0 Å². The number of pyridine rings is 1. The van der Waals surface area contributed by atoms with Crippen LogP contribution in [0.2, 0.25) is 0 Å². The van der Waals surface area contributed by atoms with Crippen molar-refractivity contribution in [1.29, 1.82) is 0 Å². The third kappa shape index (κ3) is 3.83. The van der Waals surface area contributed by atoms with Crippen molar-refractivity contribution in [1.82, 2.24) is 24.5 Å². The highest BCUT2D eigenvalue weighted by Gasteiger charge is 2.54. The molecule has 1 spiro atoms. The first-order valence-corrected chi connectivity index (χ1v) is 12.3. The minimum Gasteiger partial charge on any atom is -0.389 e. The van der Waals surface area contributed by atoms with Gasteiger partial charge >= 0.3 is 0 Å². The maximum atomic E-state index is 13.2. The summed E-state index contributed by atoms with van der Waals surface area (Å²) in [4.78, 5) is 37.2. The van der Waals surface area contributed by atoms with Crippen LogP contribution < -0.4 is 16.3 Å². The van der Waals surface area contributed by atoms with Gasteiger partial charge in [-0.15, -0.1) is 0 Å². The molecule has 3 aromatic heterocycles. The quantitative estimate of drug-likeness (QED) is 0.400. The number of imidazole rings is 1. The number of nitrogens with zero attached hydrogens (tertiary/aromatic N) is 3. The van der Waals surface area contributed by atoms with E-state index in [-0.39, 0.29) is 34.9 Å². The van der Waals surface area contributed by atoms with E-state index in [1.165, 1.54) is 12.1 Å². The van der Waals surface area contributed by atoms with Gasteiger partial charge in [-0.3, -0.25) is 18.8 Å². The number of amides is 1. The van der Waals surface area contributed by atoms with E-state index >= 15 is 0 Å². The molecule has 3 N–H and O–H groups in total. The van der Waals surface area contributed by atoms with E-state index in [2.05, 4.69) is 15.5 Å². The van der Waals surface area contributed by atoms with Crippen molar-refractivity contribution in [3.63, 3.8) is 0 Å². The lowest BCUT2D eigenvalue weighted by Gasteiger charge is -2.57. The zero-order valence-electron chi connectivity index (χ0n) is 20.3. The minimum absolute atomic E-state index is 0.0887. The van der Waals surface area contributed by atoms with Crippen LogP contribution in [-0.2, 0) is 6.54 Å². The van der Waals surface area contributed by atoms with Crippen LogP contribution in [0.4, 0.5) is 0 Å². The van der Waals surface area contributed by atoms with E-state index in [0.29, 0.717) is 22.6 Å². The van der Waals surface area contributed by atoms with Crippen LogP contribution in [0.25, 0.3) is 16.4 Å². The molecule has 0 radical (unpaired) electrons. The number of carbonyl (C=O) groups excluding carboxylic acids is 1. The van der Waals surface area contributed by atoms with Crippen molar-refractivity contribution in [2.75, 3.05) is 0 Å². The van der Waals surface area contributed by atoms with Gasteiger partial charge < -0.3 is 15.0 Å². The fourth-order valence-corrected chi connectivity index (χ4v) is 6.19. The molecule has 0 saturated heterocycles. The Morgan fingerprint density at radius 2 is 1.89 bits per heavy atom. The number of hydrogen-bond donors (Lipinski definition) is 3. The maximum Gasteiger partial charge on any atom is 0.272 e. The molecule has 2 saturated carbocycles. The summed E-state index contributed by atoms with van der Waals surface area (Å²) in [5, 5.41) is 22.0. The molecular formula is C27H29N5O4. The van der Waals surface area contributed by atoms with Gasteiger partial charge in [-0.2, -0.15) is 5.10 Å². The highest BCUT2D eigenvalue weighted by atomic mass is 16.3. The van der Waals surface area contributed by atoms with Crippen LogP contribution >= 0.6 is 0 Å². The number of fused-ring (bicyclic) bond motifs is 2. The summed E-state index contributed by atoms with van der Waals surface area (Å²) in [5.41, 5.74) is 0.864. The summed E-state index contributed by atoms with van der Waals surface area (Å²) in [5.74, 6) is 0.113. The predicted octanol–water partition coefficient (Wildman–Crippen LogP) is 2.56. The molecular weight excluding hydrogens is 458 g/mol. The fraction of sp³-hybridized carbons (Fsp3) is 0.407. The summed E-state index contributed by atoms with van der Waals surface area (Å²) < 4.78 is 3.44. The van der Waals surface area contributed by atoms with Crippen molar-refractivity contribution in [2.24, 2.45) is 5.41 Å². The molecule has 9 nitrogen and oxygen atoms in total. The first-order chi connectivity index (χ1) is 17.1. The molecule has 1 aromatic carbocycles. The molecule has 186 valence electrons. The highest BCUT2D eigenvalue weighted by molar-refractivity contribution is 5.93. The van der Waals surface area contributed by atoms with Crippen molar-refractivity contribution in [3.8, 4) is 0 Å². The Morgan fingerprint density at radius 1 is 1.17 bits per heavy atom. The number of H-pyrrole nitrogens is 1. The van der Waals surface area contributed by atoms with Crippen LogP contribution in [0, 0.1) is 5.41 Å². The Labute approximate surface area is 206 Å². The fourth-order valence-electron chi connectivity index (χ4n) is 6.19. The normalized spacial score (nSPS) is 23.5. The molecule has 0 unspecified atom stereocenters. The van der Waals surface area contributed by atoms with E-state index in [1.54, 1.807) is 35.2 Å². The third-order valence-corrected chi connectivity index (χ3v) is 7.69. The Kier molecular flexibility index (Phi) is 4.98. The SMILES string of the molecule is CC(C)(O)Cn1cc(C(=O)NC2CC3(C2)CC(c2n[nH]c(=O)c4ccccc24)C3)n2ccc(=O)cc12. The molecule has 6 rings (SSSR count). The molecule has 2 fully saturated rings. The lowest BCUT2D eigenvalue weighted by molar-refractivity contribution is -0.0197. The molecule has 3 heterocycles. The van der Waals surface area contributed by atoms with E-state index in [1.807, 2.05) is 24.3 Å². The van der Waals surface area contributed by atoms with E-state index in [9.17, 15) is 19.5 Å². The van der Waals surface area contributed by atoms with Gasteiger partial charge in [0.1, 0.15) is 11.3 Å². The lowest BCUT2D eigenvalue weighted by atomic mass is 9.49. The van der Waals surface area contributed by atoms with Gasteiger partial charge in [-0.1, -0.05) is 18.2 Å².